The van der Waals surface area contributed by atoms with Crippen molar-refractivity contribution >= 4 is 56.1 Å². The Morgan fingerprint density at radius 2 is 1.42 bits per heavy atom. The summed E-state index contributed by atoms with van der Waals surface area (Å²) in [5.41, 5.74) is -0.663. The van der Waals surface area contributed by atoms with Gasteiger partial charge in [0.1, 0.15) is 5.82 Å². The second kappa shape index (κ2) is 8.32. The minimum atomic E-state index is -4.66. The second-order valence-electron chi connectivity index (χ2n) is 7.82. The van der Waals surface area contributed by atoms with Crippen molar-refractivity contribution in [3.8, 4) is 0 Å². The van der Waals surface area contributed by atoms with Crippen LogP contribution in [0.4, 0.5) is 13.2 Å². The van der Waals surface area contributed by atoms with E-state index in [9.17, 15) is 31.2 Å². The van der Waals surface area contributed by atoms with E-state index in [0.717, 1.165) is 21.0 Å². The minimum Gasteiger partial charge on any atom is -0.269 e. The molecular weight excluding hydrogens is 542 g/mol. The quantitative estimate of drug-likeness (QED) is 0.316. The van der Waals surface area contributed by atoms with Gasteiger partial charge in [-0.15, -0.1) is 0 Å². The van der Waals surface area contributed by atoms with E-state index in [1.165, 1.54) is 24.3 Å². The molecular formula is C23H12Cl2F3N3O4S. The monoisotopic (exact) mass is 553 g/mol. The average Bonchev–Trinajstić information content (AvgIpc) is 3.29. The van der Waals surface area contributed by atoms with E-state index < -0.39 is 45.0 Å². The third-order valence-corrected chi connectivity index (χ3v) is 8.10. The topological polar surface area (TPSA) is 89.3 Å². The number of carbonyl (C=O) groups excluding carboxylic acids is 2. The van der Waals surface area contributed by atoms with Gasteiger partial charge in [0.05, 0.1) is 49.2 Å². The summed E-state index contributed by atoms with van der Waals surface area (Å²) in [5.74, 6) is -1.52. The molecule has 1 aliphatic rings. The summed E-state index contributed by atoms with van der Waals surface area (Å²) in [7, 11) is -4.55. The van der Waals surface area contributed by atoms with Crippen molar-refractivity contribution in [2.45, 2.75) is 17.6 Å². The molecule has 0 saturated heterocycles. The summed E-state index contributed by atoms with van der Waals surface area (Å²) in [5, 5.41) is 0.0771. The highest BCUT2D eigenvalue weighted by atomic mass is 35.5. The van der Waals surface area contributed by atoms with E-state index >= 15 is 0 Å². The van der Waals surface area contributed by atoms with Crippen molar-refractivity contribution in [1.82, 2.24) is 13.9 Å². The zero-order valence-corrected chi connectivity index (χ0v) is 20.1. The molecule has 0 bridgehead atoms. The fourth-order valence-electron chi connectivity index (χ4n) is 3.91. The van der Waals surface area contributed by atoms with Crippen LogP contribution in [0.15, 0.2) is 65.6 Å². The van der Waals surface area contributed by atoms with Crippen molar-refractivity contribution in [1.29, 1.82) is 0 Å². The van der Waals surface area contributed by atoms with E-state index in [-0.39, 0.29) is 38.0 Å². The molecule has 0 unspecified atom stereocenters. The average molecular weight is 554 g/mol. The van der Waals surface area contributed by atoms with Crippen molar-refractivity contribution < 1.29 is 31.2 Å². The van der Waals surface area contributed by atoms with Crippen LogP contribution < -0.4 is 0 Å². The summed E-state index contributed by atoms with van der Waals surface area (Å²) in [6.45, 7) is -0.532. The molecule has 0 N–H and O–H groups in total. The maximum absolute atomic E-state index is 13.6. The Labute approximate surface area is 211 Å². The van der Waals surface area contributed by atoms with Gasteiger partial charge in [-0.1, -0.05) is 35.3 Å². The highest BCUT2D eigenvalue weighted by Crippen LogP contribution is 2.34. The molecule has 0 fully saturated rings. The van der Waals surface area contributed by atoms with E-state index in [2.05, 4.69) is 4.98 Å². The van der Waals surface area contributed by atoms with E-state index in [1.807, 2.05) is 0 Å². The van der Waals surface area contributed by atoms with Crippen molar-refractivity contribution in [2.75, 3.05) is 0 Å². The number of hydrogen-bond acceptors (Lipinski definition) is 5. The highest BCUT2D eigenvalue weighted by molar-refractivity contribution is 7.90. The lowest BCUT2D eigenvalue weighted by Gasteiger charge is -2.16. The molecule has 4 aromatic rings. The predicted molar refractivity (Wildman–Crippen MR) is 124 cm³/mol. The number of fused-ring (bicyclic) bond motifs is 2. The Morgan fingerprint density at radius 1 is 0.861 bits per heavy atom. The number of hydrogen-bond donors (Lipinski definition) is 0. The van der Waals surface area contributed by atoms with Gasteiger partial charge >= 0.3 is 6.18 Å². The number of nitrogens with zero attached hydrogens (tertiary/aromatic N) is 3. The van der Waals surface area contributed by atoms with Gasteiger partial charge < -0.3 is 0 Å². The third-order valence-electron chi connectivity index (χ3n) is 5.62. The van der Waals surface area contributed by atoms with Crippen LogP contribution in [-0.4, -0.2) is 34.1 Å². The fourth-order valence-corrected chi connectivity index (χ4v) is 5.70. The lowest BCUT2D eigenvalue weighted by Crippen LogP contribution is -2.31. The van der Waals surface area contributed by atoms with Crippen LogP contribution in [0.1, 0.15) is 32.1 Å². The number of alkyl halides is 3. The Kier molecular flexibility index (Phi) is 5.62. The van der Waals surface area contributed by atoms with Gasteiger partial charge in [-0.3, -0.25) is 14.5 Å². The maximum Gasteiger partial charge on any atom is 0.416 e. The molecule has 13 heteroatoms. The molecule has 0 saturated carbocycles. The molecule has 0 aliphatic carbocycles. The minimum absolute atomic E-state index is 0.000200. The zero-order valence-electron chi connectivity index (χ0n) is 17.8. The van der Waals surface area contributed by atoms with Gasteiger partial charge in [0.2, 0.25) is 0 Å². The molecule has 2 heterocycles. The predicted octanol–water partition coefficient (Wildman–Crippen LogP) is 5.40. The number of amides is 2. The van der Waals surface area contributed by atoms with Gasteiger partial charge in [-0.05, 0) is 48.5 Å². The third kappa shape index (κ3) is 3.83. The van der Waals surface area contributed by atoms with Crippen LogP contribution in [0, 0.1) is 0 Å². The number of aromatic nitrogens is 2. The number of imide groups is 1. The van der Waals surface area contributed by atoms with Crippen LogP contribution in [0.2, 0.25) is 10.0 Å². The number of carbonyl (C=O) groups is 2. The van der Waals surface area contributed by atoms with Crippen LogP contribution in [0.5, 0.6) is 0 Å². The van der Waals surface area contributed by atoms with Crippen molar-refractivity contribution in [2.24, 2.45) is 0 Å². The molecule has 3 aromatic carbocycles. The lowest BCUT2D eigenvalue weighted by atomic mass is 10.1. The SMILES string of the molecule is O=C1c2ccccc2C(=O)N1Cc1nc2cc(Cl)c(Cl)cc2n1S(=O)(=O)c1ccc(C(F)(F)F)cc1. The molecule has 0 spiro atoms. The number of benzene rings is 3. The first-order valence-electron chi connectivity index (χ1n) is 10.1. The summed E-state index contributed by atoms with van der Waals surface area (Å²) < 4.78 is 67.0. The van der Waals surface area contributed by atoms with Gasteiger partial charge in [0.15, 0.2) is 0 Å². The summed E-state index contributed by atoms with van der Waals surface area (Å²) in [6.07, 6.45) is -4.66. The smallest absolute Gasteiger partial charge is 0.269 e. The Hall–Kier alpha value is -3.41. The molecule has 1 aliphatic heterocycles. The second-order valence-corrected chi connectivity index (χ2v) is 10.4. The summed E-state index contributed by atoms with van der Waals surface area (Å²) >= 11 is 12.2. The van der Waals surface area contributed by atoms with Crippen molar-refractivity contribution in [3.05, 3.63) is 93.2 Å². The van der Waals surface area contributed by atoms with Crippen LogP contribution in [0.25, 0.3) is 11.0 Å². The number of halogens is 5. The van der Waals surface area contributed by atoms with Crippen LogP contribution in [0.3, 0.4) is 0 Å². The molecule has 36 heavy (non-hydrogen) atoms. The molecule has 0 radical (unpaired) electrons. The molecule has 0 atom stereocenters. The van der Waals surface area contributed by atoms with Gasteiger partial charge in [-0.25, -0.2) is 17.4 Å². The summed E-state index contributed by atoms with van der Waals surface area (Å²) in [4.78, 5) is 30.4. The van der Waals surface area contributed by atoms with E-state index in [4.69, 9.17) is 23.2 Å². The highest BCUT2D eigenvalue weighted by Gasteiger charge is 2.37. The maximum atomic E-state index is 13.6. The molecule has 2 amide bonds. The lowest BCUT2D eigenvalue weighted by molar-refractivity contribution is -0.137. The molecule has 7 nitrogen and oxygen atoms in total. The van der Waals surface area contributed by atoms with Gasteiger partial charge in [-0.2, -0.15) is 13.2 Å². The molecule has 1 aromatic heterocycles. The molecule has 184 valence electrons. The van der Waals surface area contributed by atoms with Crippen LogP contribution in [-0.2, 0) is 22.7 Å². The standard InChI is InChI=1S/C23H12Cl2F3N3O4S/c24-16-9-18-19(10-17(16)25)31(36(34,35)13-7-5-12(6-8-13)23(26,27)28)20(29-18)11-30-21(32)14-3-1-2-4-15(14)22(30)33/h1-10H,11H2. The van der Waals surface area contributed by atoms with Gasteiger partial charge in [0.25, 0.3) is 21.8 Å². The normalized spacial score (nSPS) is 14.1. The first-order chi connectivity index (χ1) is 16.9. The Morgan fingerprint density at radius 3 is 1.97 bits per heavy atom. The van der Waals surface area contributed by atoms with E-state index in [1.54, 1.807) is 12.1 Å². The Balaban J connectivity index is 1.66. The first-order valence-corrected chi connectivity index (χ1v) is 12.3. The van der Waals surface area contributed by atoms with E-state index in [0.29, 0.717) is 12.1 Å². The largest absolute Gasteiger partial charge is 0.416 e. The number of rotatable bonds is 4. The van der Waals surface area contributed by atoms with Gasteiger partial charge in [0, 0.05) is 0 Å². The fraction of sp³-hybridized carbons (Fsp3) is 0.0870. The zero-order chi connectivity index (χ0) is 26.0. The molecule has 5 rings (SSSR count). The first kappa shape index (κ1) is 24.3. The number of imidazole rings is 1. The van der Waals surface area contributed by atoms with Crippen LogP contribution >= 0.6 is 23.2 Å². The summed E-state index contributed by atoms with van der Waals surface area (Å²) in [6, 6.07) is 11.6. The Bertz CT molecular complexity index is 1650. The van der Waals surface area contributed by atoms with Crippen molar-refractivity contribution in [3.63, 3.8) is 0 Å².